The number of rotatable bonds is 5. The summed E-state index contributed by atoms with van der Waals surface area (Å²) in [6.07, 6.45) is 0. The van der Waals surface area contributed by atoms with Crippen LogP contribution in [0.25, 0.3) is 0 Å². The summed E-state index contributed by atoms with van der Waals surface area (Å²) in [5.41, 5.74) is 1.14. The zero-order valence-corrected chi connectivity index (χ0v) is 17.7. The molecule has 1 aliphatic rings. The van der Waals surface area contributed by atoms with E-state index in [4.69, 9.17) is 4.74 Å². The number of sulfonamides is 1. The topological polar surface area (TPSA) is 75.7 Å². The van der Waals surface area contributed by atoms with Crippen LogP contribution >= 0.6 is 0 Å². The molecule has 166 valence electrons. The highest BCUT2D eigenvalue weighted by molar-refractivity contribution is 7.89. The molecule has 1 aliphatic heterocycles. The Labute approximate surface area is 184 Å². The van der Waals surface area contributed by atoms with Crippen LogP contribution in [0.1, 0.15) is 21.5 Å². The third-order valence-electron chi connectivity index (χ3n) is 5.10. The molecule has 0 aromatic heterocycles. The molecule has 0 saturated heterocycles. The maximum absolute atomic E-state index is 13.8. The summed E-state index contributed by atoms with van der Waals surface area (Å²) in [5.74, 6) is -1.03. The van der Waals surface area contributed by atoms with Crippen molar-refractivity contribution in [2.24, 2.45) is 0 Å². The van der Waals surface area contributed by atoms with Gasteiger partial charge in [0.05, 0.1) is 4.90 Å². The van der Waals surface area contributed by atoms with E-state index < -0.39 is 27.6 Å². The molecule has 0 spiro atoms. The van der Waals surface area contributed by atoms with E-state index in [2.05, 4.69) is 5.32 Å². The van der Waals surface area contributed by atoms with Crippen LogP contribution in [0.3, 0.4) is 0 Å². The largest absolute Gasteiger partial charge is 0.492 e. The number of carbonyl (C=O) groups excluding carboxylic acids is 1. The Kier molecular flexibility index (Phi) is 6.20. The van der Waals surface area contributed by atoms with Crippen molar-refractivity contribution in [3.05, 3.63) is 95.1 Å². The van der Waals surface area contributed by atoms with Crippen LogP contribution in [0.5, 0.6) is 5.75 Å². The van der Waals surface area contributed by atoms with Crippen LogP contribution in [0.15, 0.2) is 71.6 Å². The van der Waals surface area contributed by atoms with Gasteiger partial charge in [0.1, 0.15) is 24.0 Å². The van der Waals surface area contributed by atoms with Gasteiger partial charge < -0.3 is 10.1 Å². The maximum Gasteiger partial charge on any atom is 0.251 e. The lowest BCUT2D eigenvalue weighted by Gasteiger charge is -2.19. The molecular formula is C23H20F2N2O4S. The zero-order chi connectivity index (χ0) is 22.7. The number of nitrogens with one attached hydrogen (secondary N) is 1. The molecule has 1 heterocycles. The number of ether oxygens (including phenoxy) is 1. The van der Waals surface area contributed by atoms with E-state index >= 15 is 0 Å². The van der Waals surface area contributed by atoms with Gasteiger partial charge in [-0.15, -0.1) is 0 Å². The van der Waals surface area contributed by atoms with Crippen molar-refractivity contribution in [1.29, 1.82) is 0 Å². The van der Waals surface area contributed by atoms with Gasteiger partial charge in [0.25, 0.3) is 5.91 Å². The first-order valence-corrected chi connectivity index (χ1v) is 11.3. The summed E-state index contributed by atoms with van der Waals surface area (Å²) in [5, 5.41) is 2.66. The van der Waals surface area contributed by atoms with Crippen LogP contribution in [0.2, 0.25) is 0 Å². The molecule has 1 amide bonds. The lowest BCUT2D eigenvalue weighted by Crippen LogP contribution is -2.32. The van der Waals surface area contributed by atoms with Crippen LogP contribution in [-0.2, 0) is 23.1 Å². The number of hydrogen-bond donors (Lipinski definition) is 1. The molecule has 3 aromatic carbocycles. The Hall–Kier alpha value is -3.30. The van der Waals surface area contributed by atoms with E-state index in [9.17, 15) is 22.0 Å². The van der Waals surface area contributed by atoms with Crippen LogP contribution in [0.4, 0.5) is 8.78 Å². The molecule has 0 aliphatic carbocycles. The van der Waals surface area contributed by atoms with Gasteiger partial charge in [-0.05, 0) is 42.5 Å². The number of benzene rings is 3. The monoisotopic (exact) mass is 458 g/mol. The van der Waals surface area contributed by atoms with Crippen molar-refractivity contribution in [2.75, 3.05) is 13.2 Å². The molecule has 0 saturated carbocycles. The molecule has 0 radical (unpaired) electrons. The highest BCUT2D eigenvalue weighted by Crippen LogP contribution is 2.28. The van der Waals surface area contributed by atoms with Gasteiger partial charge in [-0.25, -0.2) is 17.2 Å². The molecule has 3 aromatic rings. The van der Waals surface area contributed by atoms with Crippen molar-refractivity contribution in [2.45, 2.75) is 18.0 Å². The third kappa shape index (κ3) is 4.63. The number of hydrogen-bond acceptors (Lipinski definition) is 4. The van der Waals surface area contributed by atoms with Gasteiger partial charge in [-0.2, -0.15) is 4.31 Å². The minimum atomic E-state index is -3.96. The van der Waals surface area contributed by atoms with Crippen LogP contribution < -0.4 is 10.1 Å². The standard InChI is InChI=1S/C23H20F2N2O4S/c24-19-5-3-6-20(13-19)32(29,30)27-10-11-31-22-9-8-16(12-18(22)15-27)23(28)26-14-17-4-1-2-7-21(17)25/h1-9,12-13H,10-11,14-15H2,(H,26,28). The fourth-order valence-corrected chi connectivity index (χ4v) is 4.85. The van der Waals surface area contributed by atoms with Gasteiger partial charge in [-0.3, -0.25) is 4.79 Å². The fraction of sp³-hybridized carbons (Fsp3) is 0.174. The van der Waals surface area contributed by atoms with Gasteiger partial charge >= 0.3 is 0 Å². The number of fused-ring (bicyclic) bond motifs is 1. The zero-order valence-electron chi connectivity index (χ0n) is 16.9. The Bertz CT molecular complexity index is 1260. The van der Waals surface area contributed by atoms with Crippen LogP contribution in [0, 0.1) is 11.6 Å². The Morgan fingerprint density at radius 3 is 2.62 bits per heavy atom. The van der Waals surface area contributed by atoms with E-state index in [1.54, 1.807) is 36.4 Å². The second-order valence-electron chi connectivity index (χ2n) is 7.24. The van der Waals surface area contributed by atoms with Gasteiger partial charge in [0.15, 0.2) is 0 Å². The summed E-state index contributed by atoms with van der Waals surface area (Å²) in [4.78, 5) is 12.4. The molecule has 1 N–H and O–H groups in total. The average Bonchev–Trinajstić information content (AvgIpc) is 3.01. The fourth-order valence-electron chi connectivity index (χ4n) is 3.41. The van der Waals surface area contributed by atoms with E-state index in [0.717, 1.165) is 6.07 Å². The van der Waals surface area contributed by atoms with Gasteiger partial charge in [0, 0.05) is 36.3 Å². The van der Waals surface area contributed by atoms with E-state index in [0.29, 0.717) is 16.9 Å². The quantitative estimate of drug-likeness (QED) is 0.635. The highest BCUT2D eigenvalue weighted by Gasteiger charge is 2.28. The minimum absolute atomic E-state index is 0.0131. The van der Waals surface area contributed by atoms with E-state index in [-0.39, 0.29) is 36.7 Å². The lowest BCUT2D eigenvalue weighted by molar-refractivity contribution is 0.0950. The SMILES string of the molecule is O=C(NCc1ccccc1F)c1ccc2c(c1)CN(S(=O)(=O)c1cccc(F)c1)CCO2. The number of amides is 1. The maximum atomic E-state index is 13.8. The predicted molar refractivity (Wildman–Crippen MR) is 114 cm³/mol. The van der Waals surface area contributed by atoms with Crippen molar-refractivity contribution < 1.29 is 26.7 Å². The molecule has 32 heavy (non-hydrogen) atoms. The minimum Gasteiger partial charge on any atom is -0.492 e. The molecule has 6 nitrogen and oxygen atoms in total. The van der Waals surface area contributed by atoms with E-state index in [1.807, 2.05) is 0 Å². The van der Waals surface area contributed by atoms with E-state index in [1.165, 1.54) is 28.6 Å². The molecule has 0 fully saturated rings. The average molecular weight is 458 g/mol. The molecule has 4 rings (SSSR count). The number of nitrogens with zero attached hydrogens (tertiary/aromatic N) is 1. The van der Waals surface area contributed by atoms with Crippen molar-refractivity contribution in [3.8, 4) is 5.75 Å². The summed E-state index contributed by atoms with van der Waals surface area (Å²) >= 11 is 0. The van der Waals surface area contributed by atoms with Crippen molar-refractivity contribution in [1.82, 2.24) is 9.62 Å². The van der Waals surface area contributed by atoms with Crippen molar-refractivity contribution >= 4 is 15.9 Å². The highest BCUT2D eigenvalue weighted by atomic mass is 32.2. The third-order valence-corrected chi connectivity index (χ3v) is 6.94. The predicted octanol–water partition coefficient (Wildman–Crippen LogP) is 3.48. The van der Waals surface area contributed by atoms with Gasteiger partial charge in [-0.1, -0.05) is 24.3 Å². The Morgan fingerprint density at radius 1 is 1.03 bits per heavy atom. The van der Waals surface area contributed by atoms with Crippen LogP contribution in [-0.4, -0.2) is 31.8 Å². The number of halogens is 2. The summed E-state index contributed by atoms with van der Waals surface area (Å²) in [6.45, 7) is 0.157. The molecule has 0 unspecified atom stereocenters. The first-order valence-electron chi connectivity index (χ1n) is 9.87. The van der Waals surface area contributed by atoms with Crippen molar-refractivity contribution in [3.63, 3.8) is 0 Å². The second kappa shape index (κ2) is 9.05. The lowest BCUT2D eigenvalue weighted by atomic mass is 10.1. The Balaban J connectivity index is 1.54. The molecule has 0 atom stereocenters. The first kappa shape index (κ1) is 21.9. The molecule has 0 bridgehead atoms. The molecule has 9 heteroatoms. The summed E-state index contributed by atoms with van der Waals surface area (Å²) < 4.78 is 60.2. The Morgan fingerprint density at radius 2 is 1.84 bits per heavy atom. The first-order chi connectivity index (χ1) is 15.3. The smallest absolute Gasteiger partial charge is 0.251 e. The second-order valence-corrected chi connectivity index (χ2v) is 9.18. The van der Waals surface area contributed by atoms with Gasteiger partial charge in [0.2, 0.25) is 10.0 Å². The normalized spacial score (nSPS) is 14.2. The molecular weight excluding hydrogens is 438 g/mol. The number of carbonyl (C=O) groups is 1. The summed E-state index contributed by atoms with van der Waals surface area (Å²) in [7, 11) is -3.96. The summed E-state index contributed by atoms with van der Waals surface area (Å²) in [6, 6.07) is 15.7.